The highest BCUT2D eigenvalue weighted by molar-refractivity contribution is 5.93. The zero-order chi connectivity index (χ0) is 28.1. The number of nitrogens with two attached hydrogens (primary N) is 2. The molecule has 8 nitrogen and oxygen atoms in total. The third kappa shape index (κ3) is 16.1. The maximum Gasteiger partial charge on any atom is 0.192 e. The van der Waals surface area contributed by atoms with E-state index in [2.05, 4.69) is 103 Å². The summed E-state index contributed by atoms with van der Waals surface area (Å²) in [5.74, 6) is 0.286. The van der Waals surface area contributed by atoms with E-state index in [1.54, 1.807) is 0 Å². The van der Waals surface area contributed by atoms with Crippen molar-refractivity contribution in [1.29, 1.82) is 10.8 Å². The average molecular weight is 549 g/mol. The summed E-state index contributed by atoms with van der Waals surface area (Å²) in [6.07, 6.45) is 1.15. The van der Waals surface area contributed by atoms with Gasteiger partial charge in [0.15, 0.2) is 11.9 Å². The van der Waals surface area contributed by atoms with E-state index in [9.17, 15) is 0 Å². The zero-order valence-corrected chi connectivity index (χ0v) is 25.0. The van der Waals surface area contributed by atoms with Crippen molar-refractivity contribution in [3.05, 3.63) is 65.7 Å². The summed E-state index contributed by atoms with van der Waals surface area (Å²) in [6, 6.07) is 19.2. The van der Waals surface area contributed by atoms with Crippen LogP contribution in [0.15, 0.2) is 54.6 Å². The highest BCUT2D eigenvalue weighted by Gasteiger charge is 2.27. The van der Waals surface area contributed by atoms with Crippen molar-refractivity contribution < 1.29 is 26.4 Å². The first-order chi connectivity index (χ1) is 17.1. The topological polar surface area (TPSA) is 130 Å². The molecule has 0 aromatic heterocycles. The van der Waals surface area contributed by atoms with E-state index in [0.29, 0.717) is 18.6 Å². The minimum Gasteiger partial charge on any atom is -1.00 e. The molecule has 7 N–H and O–H groups in total. The van der Waals surface area contributed by atoms with Crippen LogP contribution in [0.4, 0.5) is 0 Å². The molecule has 0 heterocycles. The molecule has 9 heteroatoms. The fraction of sp³-hybridized carbons (Fsp3) is 0.517. The Bertz CT molecular complexity index is 945. The van der Waals surface area contributed by atoms with E-state index in [-0.39, 0.29) is 29.7 Å². The number of hydrogen-bond acceptors (Lipinski definition) is 4. The fourth-order valence-corrected chi connectivity index (χ4v) is 4.36. The quantitative estimate of drug-likeness (QED) is 0.125. The van der Waals surface area contributed by atoms with Gasteiger partial charge in [-0.3, -0.25) is 16.1 Å². The SMILES string of the molecule is CC(C)(C)CC(C)(C)c1ccc(OCCOCC[N+](C)(C)Cc2ccccc2)cc1.N=C(N)NC(=N)N.[Cl-]. The lowest BCUT2D eigenvalue weighted by Crippen LogP contribution is -3.00. The molecule has 0 aliphatic carbocycles. The molecule has 0 spiro atoms. The van der Waals surface area contributed by atoms with Crippen LogP contribution < -0.4 is 33.9 Å². The van der Waals surface area contributed by atoms with Crippen molar-refractivity contribution in [3.8, 4) is 5.75 Å². The van der Waals surface area contributed by atoms with Crippen LogP contribution in [0.25, 0.3) is 0 Å². The summed E-state index contributed by atoms with van der Waals surface area (Å²) in [5, 5.41) is 15.0. The van der Waals surface area contributed by atoms with Crippen LogP contribution in [0.3, 0.4) is 0 Å². The van der Waals surface area contributed by atoms with E-state index < -0.39 is 0 Å². The van der Waals surface area contributed by atoms with Gasteiger partial charge in [-0.15, -0.1) is 0 Å². The van der Waals surface area contributed by atoms with Crippen molar-refractivity contribution in [1.82, 2.24) is 5.32 Å². The second-order valence-corrected chi connectivity index (χ2v) is 11.9. The van der Waals surface area contributed by atoms with Crippen molar-refractivity contribution in [2.45, 2.75) is 53.0 Å². The number of nitrogens with one attached hydrogen (secondary N) is 3. The summed E-state index contributed by atoms with van der Waals surface area (Å²) in [7, 11) is 4.49. The van der Waals surface area contributed by atoms with Crippen LogP contribution in [0.2, 0.25) is 0 Å². The summed E-state index contributed by atoms with van der Waals surface area (Å²) in [6.45, 7) is 15.5. The predicted molar refractivity (Wildman–Crippen MR) is 154 cm³/mol. The summed E-state index contributed by atoms with van der Waals surface area (Å²) < 4.78 is 12.6. The normalized spacial score (nSPS) is 11.4. The standard InChI is InChI=1S/C27H42NO2.C2H7N5.ClH/c1-26(2,3)22-27(4,5)24-13-15-25(16-14-24)30-20-19-29-18-17-28(6,7)21-23-11-9-8-10-12-23;3-1(4)7-2(5)6;/h8-16H,17-22H2,1-7H3;(H7,3,4,5,6,7);1H/q+1;;/p-1. The minimum atomic E-state index is -0.312. The Morgan fingerprint density at radius 3 is 1.87 bits per heavy atom. The average Bonchev–Trinajstić information content (AvgIpc) is 2.75. The van der Waals surface area contributed by atoms with Gasteiger partial charge in [0, 0.05) is 5.56 Å². The van der Waals surface area contributed by atoms with Gasteiger partial charge >= 0.3 is 0 Å². The molecule has 0 saturated carbocycles. The Labute approximate surface area is 236 Å². The van der Waals surface area contributed by atoms with Gasteiger partial charge in [-0.05, 0) is 34.9 Å². The maximum atomic E-state index is 6.47. The largest absolute Gasteiger partial charge is 1.00 e. The third-order valence-corrected chi connectivity index (χ3v) is 5.67. The molecule has 0 aliphatic rings. The maximum absolute atomic E-state index is 6.47. The van der Waals surface area contributed by atoms with E-state index in [0.717, 1.165) is 36.3 Å². The number of hydrogen-bond donors (Lipinski definition) is 5. The molecule has 2 rings (SSSR count). The number of benzene rings is 2. The second-order valence-electron chi connectivity index (χ2n) is 11.9. The molecule has 38 heavy (non-hydrogen) atoms. The van der Waals surface area contributed by atoms with Crippen LogP contribution in [0, 0.1) is 16.2 Å². The molecule has 0 fully saturated rings. The molecule has 0 aliphatic heterocycles. The number of rotatable bonds is 11. The number of quaternary nitrogens is 1. The van der Waals surface area contributed by atoms with Gasteiger partial charge in [0.25, 0.3) is 0 Å². The van der Waals surface area contributed by atoms with Crippen molar-refractivity contribution >= 4 is 11.9 Å². The Morgan fingerprint density at radius 1 is 0.842 bits per heavy atom. The summed E-state index contributed by atoms with van der Waals surface area (Å²) >= 11 is 0. The smallest absolute Gasteiger partial charge is 0.192 e. The molecule has 0 atom stereocenters. The number of ether oxygens (including phenoxy) is 2. The van der Waals surface area contributed by atoms with Crippen molar-refractivity contribution in [3.63, 3.8) is 0 Å². The first kappa shape index (κ1) is 35.2. The third-order valence-electron chi connectivity index (χ3n) is 5.67. The van der Waals surface area contributed by atoms with Crippen LogP contribution in [0.1, 0.15) is 52.2 Å². The Morgan fingerprint density at radius 2 is 1.39 bits per heavy atom. The van der Waals surface area contributed by atoms with Crippen molar-refractivity contribution in [2.24, 2.45) is 16.9 Å². The van der Waals surface area contributed by atoms with Gasteiger partial charge in [0.05, 0.1) is 27.3 Å². The highest BCUT2D eigenvalue weighted by Crippen LogP contribution is 2.36. The lowest BCUT2D eigenvalue weighted by atomic mass is 9.72. The van der Waals surface area contributed by atoms with E-state index in [1.165, 1.54) is 11.1 Å². The second kappa shape index (κ2) is 16.2. The fourth-order valence-electron chi connectivity index (χ4n) is 4.36. The summed E-state index contributed by atoms with van der Waals surface area (Å²) in [5.41, 5.74) is 12.7. The van der Waals surface area contributed by atoms with Crippen LogP contribution in [-0.4, -0.2) is 56.9 Å². The lowest BCUT2D eigenvalue weighted by Gasteiger charge is -2.33. The zero-order valence-electron chi connectivity index (χ0n) is 24.2. The van der Waals surface area contributed by atoms with E-state index in [1.807, 2.05) is 5.32 Å². The summed E-state index contributed by atoms with van der Waals surface area (Å²) in [4.78, 5) is 0. The van der Waals surface area contributed by atoms with Gasteiger partial charge in [-0.2, -0.15) is 0 Å². The molecule has 2 aromatic carbocycles. The van der Waals surface area contributed by atoms with Crippen molar-refractivity contribution in [2.75, 3.05) is 40.5 Å². The first-order valence-electron chi connectivity index (χ1n) is 12.7. The molecular weight excluding hydrogens is 500 g/mol. The molecule has 2 aromatic rings. The van der Waals surface area contributed by atoms with Gasteiger partial charge in [-0.1, -0.05) is 77.1 Å². The molecule has 0 unspecified atom stereocenters. The molecule has 214 valence electrons. The van der Waals surface area contributed by atoms with Crippen LogP contribution in [-0.2, 0) is 16.7 Å². The molecule has 0 radical (unpaired) electrons. The Balaban J connectivity index is 0.00000151. The molecule has 0 saturated heterocycles. The number of likely N-dealkylation sites (N-methyl/N-ethyl adjacent to an activating group) is 1. The first-order valence-corrected chi connectivity index (χ1v) is 12.7. The molecule has 0 amide bonds. The minimum absolute atomic E-state index is 0. The predicted octanol–water partition coefficient (Wildman–Crippen LogP) is 1.44. The molecule has 0 bridgehead atoms. The van der Waals surface area contributed by atoms with Gasteiger partial charge in [-0.25, -0.2) is 0 Å². The number of halogens is 1. The molecular formula is C29H49ClN6O2. The van der Waals surface area contributed by atoms with Gasteiger partial charge in [0.1, 0.15) is 25.4 Å². The Hall–Kier alpha value is -2.81. The van der Waals surface area contributed by atoms with Crippen LogP contribution in [0.5, 0.6) is 5.75 Å². The van der Waals surface area contributed by atoms with E-state index >= 15 is 0 Å². The Kier molecular flexibility index (Phi) is 15.0. The van der Waals surface area contributed by atoms with Gasteiger partial charge < -0.3 is 37.8 Å². The van der Waals surface area contributed by atoms with E-state index in [4.69, 9.17) is 31.8 Å². The lowest BCUT2D eigenvalue weighted by molar-refractivity contribution is -0.904. The van der Waals surface area contributed by atoms with Crippen LogP contribution >= 0.6 is 0 Å². The van der Waals surface area contributed by atoms with Gasteiger partial charge in [0.2, 0.25) is 0 Å². The number of guanidine groups is 2. The highest BCUT2D eigenvalue weighted by atomic mass is 35.5. The monoisotopic (exact) mass is 548 g/mol. The number of nitrogens with zero attached hydrogens (tertiary/aromatic N) is 1.